The number of thioether (sulfide) groups is 2. The standard InChI is InChI=1S/C21H36O2S3Si/c1-27(2,3)16-13-22-18-23-19(11-14-24)17-21(12-7-8-15-25-21)26-20-9-5-4-6-10-20/h4-6,9-10,19,24H,7-8,11-18H2,1-3H3/t19-,21-/m0/s1. The minimum absolute atomic E-state index is 0.214. The van der Waals surface area contributed by atoms with Crippen LogP contribution < -0.4 is 0 Å². The summed E-state index contributed by atoms with van der Waals surface area (Å²) >= 11 is 8.64. The van der Waals surface area contributed by atoms with Crippen molar-refractivity contribution in [3.05, 3.63) is 30.3 Å². The van der Waals surface area contributed by atoms with Gasteiger partial charge in [0, 0.05) is 19.6 Å². The molecule has 6 heteroatoms. The Morgan fingerprint density at radius 3 is 2.63 bits per heavy atom. The number of rotatable bonds is 12. The van der Waals surface area contributed by atoms with Crippen molar-refractivity contribution < 1.29 is 9.47 Å². The van der Waals surface area contributed by atoms with Gasteiger partial charge in [-0.15, -0.1) is 23.5 Å². The average Bonchev–Trinajstić information content (AvgIpc) is 2.62. The summed E-state index contributed by atoms with van der Waals surface area (Å²) in [7, 11) is -1.04. The number of hydrogen-bond donors (Lipinski definition) is 1. The molecular weight excluding hydrogens is 409 g/mol. The number of ether oxygens (including phenoxy) is 2. The van der Waals surface area contributed by atoms with Crippen LogP contribution in [0.25, 0.3) is 0 Å². The van der Waals surface area contributed by atoms with Crippen molar-refractivity contribution in [2.45, 2.75) is 72.9 Å². The quantitative estimate of drug-likeness (QED) is 0.165. The lowest BCUT2D eigenvalue weighted by Gasteiger charge is -2.38. The van der Waals surface area contributed by atoms with Gasteiger partial charge in [-0.3, -0.25) is 0 Å². The fourth-order valence-electron chi connectivity index (χ4n) is 3.13. The summed E-state index contributed by atoms with van der Waals surface area (Å²) in [4.78, 5) is 1.36. The van der Waals surface area contributed by atoms with Crippen LogP contribution in [-0.2, 0) is 9.47 Å². The molecule has 2 nitrogen and oxygen atoms in total. The van der Waals surface area contributed by atoms with E-state index >= 15 is 0 Å². The van der Waals surface area contributed by atoms with E-state index in [1.807, 2.05) is 11.8 Å². The molecule has 1 aromatic carbocycles. The Morgan fingerprint density at radius 1 is 1.22 bits per heavy atom. The number of thiol groups is 1. The van der Waals surface area contributed by atoms with E-state index in [0.29, 0.717) is 6.79 Å². The van der Waals surface area contributed by atoms with Gasteiger partial charge in [-0.2, -0.15) is 12.6 Å². The van der Waals surface area contributed by atoms with Crippen molar-refractivity contribution >= 4 is 44.2 Å². The zero-order valence-electron chi connectivity index (χ0n) is 17.1. The van der Waals surface area contributed by atoms with Crippen LogP contribution in [0.1, 0.15) is 32.1 Å². The van der Waals surface area contributed by atoms with Gasteiger partial charge in [0.05, 0.1) is 10.2 Å². The second kappa shape index (κ2) is 12.2. The van der Waals surface area contributed by atoms with Gasteiger partial charge in [0.25, 0.3) is 0 Å². The third-order valence-electron chi connectivity index (χ3n) is 4.74. The molecule has 27 heavy (non-hydrogen) atoms. The second-order valence-electron chi connectivity index (χ2n) is 8.47. The second-order valence-corrected chi connectivity index (χ2v) is 17.7. The lowest BCUT2D eigenvalue weighted by Crippen LogP contribution is -2.32. The van der Waals surface area contributed by atoms with Crippen LogP contribution >= 0.6 is 36.2 Å². The monoisotopic (exact) mass is 444 g/mol. The van der Waals surface area contributed by atoms with Gasteiger partial charge in [0.2, 0.25) is 0 Å². The van der Waals surface area contributed by atoms with E-state index in [1.165, 1.54) is 36.0 Å². The summed E-state index contributed by atoms with van der Waals surface area (Å²) in [6, 6.07) is 12.0. The largest absolute Gasteiger partial charge is 0.356 e. The predicted molar refractivity (Wildman–Crippen MR) is 128 cm³/mol. The molecule has 154 valence electrons. The molecule has 1 aliphatic heterocycles. The molecule has 1 fully saturated rings. The van der Waals surface area contributed by atoms with Crippen LogP contribution in [0.3, 0.4) is 0 Å². The lowest BCUT2D eigenvalue weighted by atomic mass is 10.1. The van der Waals surface area contributed by atoms with E-state index in [9.17, 15) is 0 Å². The zero-order chi connectivity index (χ0) is 19.6. The Hall–Kier alpha value is 0.407. The molecule has 2 rings (SSSR count). The molecule has 1 aromatic rings. The molecule has 0 aliphatic carbocycles. The van der Waals surface area contributed by atoms with Crippen molar-refractivity contribution in [2.24, 2.45) is 0 Å². The molecule has 1 aliphatic rings. The predicted octanol–water partition coefficient (Wildman–Crippen LogP) is 6.80. The first-order chi connectivity index (χ1) is 12.9. The van der Waals surface area contributed by atoms with Gasteiger partial charge in [-0.05, 0) is 55.4 Å². The Bertz CT molecular complexity index is 516. The van der Waals surface area contributed by atoms with E-state index in [4.69, 9.17) is 9.47 Å². The smallest absolute Gasteiger partial charge is 0.147 e. The normalized spacial score (nSPS) is 21.9. The highest BCUT2D eigenvalue weighted by Gasteiger charge is 2.36. The molecule has 0 N–H and O–H groups in total. The van der Waals surface area contributed by atoms with Crippen molar-refractivity contribution in [1.29, 1.82) is 0 Å². The fraction of sp³-hybridized carbons (Fsp3) is 0.714. The minimum Gasteiger partial charge on any atom is -0.356 e. The third-order valence-corrected chi connectivity index (χ3v) is 9.94. The molecule has 0 aromatic heterocycles. The SMILES string of the molecule is C[Si](C)(C)CCOCO[C@@H](CCS)C[C@@]1(Sc2ccccc2)CCCCS1. The summed E-state index contributed by atoms with van der Waals surface area (Å²) in [5, 5.41) is 0. The first-order valence-corrected chi connectivity index (χ1v) is 16.2. The summed E-state index contributed by atoms with van der Waals surface area (Å²) < 4.78 is 12.2. The first kappa shape index (κ1) is 23.7. The summed E-state index contributed by atoms with van der Waals surface area (Å²) in [6.45, 7) is 8.38. The highest BCUT2D eigenvalue weighted by atomic mass is 32.2. The van der Waals surface area contributed by atoms with Crippen molar-refractivity contribution in [1.82, 2.24) is 0 Å². The minimum atomic E-state index is -1.04. The molecule has 2 atom stereocenters. The number of benzene rings is 1. The van der Waals surface area contributed by atoms with E-state index in [-0.39, 0.29) is 10.2 Å². The molecule has 0 bridgehead atoms. The van der Waals surface area contributed by atoms with Gasteiger partial charge < -0.3 is 9.47 Å². The van der Waals surface area contributed by atoms with Crippen LogP contribution in [0.4, 0.5) is 0 Å². The Balaban J connectivity index is 1.90. The summed E-state index contributed by atoms with van der Waals surface area (Å²) in [5.41, 5.74) is 0. The van der Waals surface area contributed by atoms with Crippen LogP contribution in [0, 0.1) is 0 Å². The maximum Gasteiger partial charge on any atom is 0.147 e. The first-order valence-electron chi connectivity index (χ1n) is 10.1. The molecule has 0 saturated carbocycles. The summed E-state index contributed by atoms with van der Waals surface area (Å²) in [5.74, 6) is 2.11. The van der Waals surface area contributed by atoms with E-state index in [1.54, 1.807) is 0 Å². The third kappa shape index (κ3) is 9.63. The highest BCUT2D eigenvalue weighted by Crippen LogP contribution is 2.51. The van der Waals surface area contributed by atoms with E-state index < -0.39 is 8.07 Å². The molecule has 1 heterocycles. The van der Waals surface area contributed by atoms with E-state index in [2.05, 4.69) is 74.4 Å². The van der Waals surface area contributed by atoms with Crippen molar-refractivity contribution in [3.63, 3.8) is 0 Å². The van der Waals surface area contributed by atoms with Gasteiger partial charge in [0.1, 0.15) is 6.79 Å². The fourth-order valence-corrected chi connectivity index (χ4v) is 7.50. The van der Waals surface area contributed by atoms with Crippen molar-refractivity contribution in [3.8, 4) is 0 Å². The van der Waals surface area contributed by atoms with Gasteiger partial charge in [-0.1, -0.05) is 44.3 Å². The Kier molecular flexibility index (Phi) is 10.7. The zero-order valence-corrected chi connectivity index (χ0v) is 20.6. The van der Waals surface area contributed by atoms with Gasteiger partial charge in [0.15, 0.2) is 0 Å². The molecular formula is C21H36O2S3Si. The summed E-state index contributed by atoms with van der Waals surface area (Å²) in [6.07, 6.45) is 6.16. The molecule has 0 radical (unpaired) electrons. The van der Waals surface area contributed by atoms with Crippen molar-refractivity contribution in [2.75, 3.05) is 24.9 Å². The molecule has 0 unspecified atom stereocenters. The van der Waals surface area contributed by atoms with Crippen LogP contribution in [-0.4, -0.2) is 43.2 Å². The van der Waals surface area contributed by atoms with Gasteiger partial charge in [-0.25, -0.2) is 0 Å². The molecule has 0 spiro atoms. The Labute approximate surface area is 181 Å². The van der Waals surface area contributed by atoms with Gasteiger partial charge >= 0.3 is 0 Å². The van der Waals surface area contributed by atoms with Crippen LogP contribution in [0.2, 0.25) is 25.7 Å². The maximum atomic E-state index is 6.18. The molecule has 0 amide bonds. The Morgan fingerprint density at radius 2 is 2.00 bits per heavy atom. The average molecular weight is 445 g/mol. The van der Waals surface area contributed by atoms with E-state index in [0.717, 1.165) is 25.2 Å². The van der Waals surface area contributed by atoms with Crippen LogP contribution in [0.15, 0.2) is 35.2 Å². The maximum absolute atomic E-state index is 6.18. The van der Waals surface area contributed by atoms with Crippen LogP contribution in [0.5, 0.6) is 0 Å². The lowest BCUT2D eigenvalue weighted by molar-refractivity contribution is -0.0895. The topological polar surface area (TPSA) is 18.5 Å². The molecule has 1 saturated heterocycles. The number of hydrogen-bond acceptors (Lipinski definition) is 5. The highest BCUT2D eigenvalue weighted by molar-refractivity contribution is 8.18.